The van der Waals surface area contributed by atoms with E-state index < -0.39 is 5.91 Å². The van der Waals surface area contributed by atoms with Crippen molar-refractivity contribution in [3.8, 4) is 5.75 Å². The fourth-order valence-electron chi connectivity index (χ4n) is 3.83. The Bertz CT molecular complexity index is 1230. The summed E-state index contributed by atoms with van der Waals surface area (Å²) in [6.45, 7) is 4.00. The lowest BCUT2D eigenvalue weighted by Crippen LogP contribution is -2.31. The Labute approximate surface area is 198 Å². The molecule has 34 heavy (non-hydrogen) atoms. The van der Waals surface area contributed by atoms with E-state index in [-0.39, 0.29) is 11.3 Å². The molecule has 180 valence electrons. The van der Waals surface area contributed by atoms with Gasteiger partial charge < -0.3 is 15.3 Å². The second-order valence-corrected chi connectivity index (χ2v) is 7.78. The molecule has 0 unspecified atom stereocenters. The van der Waals surface area contributed by atoms with E-state index >= 15 is 0 Å². The van der Waals surface area contributed by atoms with Crippen molar-refractivity contribution < 1.29 is 14.7 Å². The molecule has 0 aliphatic heterocycles. The molecule has 1 fully saturated rings. The van der Waals surface area contributed by atoms with Crippen LogP contribution in [0.3, 0.4) is 0 Å². The van der Waals surface area contributed by atoms with Gasteiger partial charge in [-0.05, 0) is 31.0 Å². The third kappa shape index (κ3) is 5.69. The van der Waals surface area contributed by atoms with Crippen molar-refractivity contribution >= 4 is 34.7 Å². The fraction of sp³-hybridized carbons (Fsp3) is 0.375. The molecule has 0 spiro atoms. The Hall–Kier alpha value is -3.95. The van der Waals surface area contributed by atoms with Crippen LogP contribution in [-0.2, 0) is 4.79 Å². The van der Waals surface area contributed by atoms with Crippen LogP contribution in [0.4, 0.5) is 5.82 Å². The lowest BCUT2D eigenvalue weighted by molar-refractivity contribution is -0.119. The van der Waals surface area contributed by atoms with Gasteiger partial charge in [0.05, 0.1) is 23.5 Å². The Morgan fingerprint density at radius 1 is 1.24 bits per heavy atom. The van der Waals surface area contributed by atoms with Crippen LogP contribution in [0.15, 0.2) is 42.9 Å². The van der Waals surface area contributed by atoms with Crippen molar-refractivity contribution in [2.45, 2.75) is 52.0 Å². The Morgan fingerprint density at radius 3 is 2.74 bits per heavy atom. The Morgan fingerprint density at radius 2 is 2.00 bits per heavy atom. The Balaban J connectivity index is 0.000000228. The quantitative estimate of drug-likeness (QED) is 0.391. The van der Waals surface area contributed by atoms with Gasteiger partial charge >= 0.3 is 0 Å². The number of benzene rings is 1. The first-order valence-corrected chi connectivity index (χ1v) is 11.5. The largest absolute Gasteiger partial charge is 0.507 e. The number of imidazole rings is 1. The molecule has 1 aliphatic rings. The van der Waals surface area contributed by atoms with Crippen molar-refractivity contribution in [1.29, 1.82) is 0 Å². The number of nitrogens with zero attached hydrogens (tertiary/aromatic N) is 5. The standard InChI is InChI=1S/C14H10N6O2.C8H15NO.C2H6/c21-11-5-10-8(6-16-19-10)4-9(11)14(22)18-13-7-15-12-2-1-3-17-20(12)13;1-9(7-10)8-5-3-2-4-6-8;1-2/h1-7,21H,(H,16,19)(H,18,22);7-8H,2-6H2,1H3;1-2H3. The number of phenolic OH excluding ortho intramolecular Hbond substituents is 1. The number of H-pyrrole nitrogens is 1. The number of rotatable bonds is 4. The maximum Gasteiger partial charge on any atom is 0.260 e. The van der Waals surface area contributed by atoms with Crippen LogP contribution in [-0.4, -0.2) is 60.2 Å². The zero-order chi connectivity index (χ0) is 24.5. The average molecular weight is 466 g/mol. The van der Waals surface area contributed by atoms with Gasteiger partial charge in [0.15, 0.2) is 11.5 Å². The maximum absolute atomic E-state index is 12.4. The first-order chi connectivity index (χ1) is 16.6. The second kappa shape index (κ2) is 11.8. The zero-order valence-electron chi connectivity index (χ0n) is 19.7. The van der Waals surface area contributed by atoms with E-state index in [0.717, 1.165) is 11.8 Å². The van der Waals surface area contributed by atoms with Crippen molar-refractivity contribution in [1.82, 2.24) is 29.7 Å². The van der Waals surface area contributed by atoms with Crippen LogP contribution in [0.1, 0.15) is 56.3 Å². The number of anilines is 1. The van der Waals surface area contributed by atoms with E-state index in [4.69, 9.17) is 0 Å². The lowest BCUT2D eigenvalue weighted by Gasteiger charge is -2.27. The number of aromatic nitrogens is 5. The summed E-state index contributed by atoms with van der Waals surface area (Å²) < 4.78 is 1.51. The van der Waals surface area contributed by atoms with Gasteiger partial charge in [-0.25, -0.2) is 4.98 Å². The minimum Gasteiger partial charge on any atom is -0.507 e. The predicted molar refractivity (Wildman–Crippen MR) is 131 cm³/mol. The number of nitrogens with one attached hydrogen (secondary N) is 2. The molecule has 0 saturated heterocycles. The molecule has 4 aromatic rings. The summed E-state index contributed by atoms with van der Waals surface area (Å²) in [5.74, 6) is -0.156. The van der Waals surface area contributed by atoms with Crippen LogP contribution in [0.25, 0.3) is 16.6 Å². The van der Waals surface area contributed by atoms with E-state index in [1.54, 1.807) is 35.5 Å². The molecular formula is C24H31N7O3. The number of hydrogen-bond acceptors (Lipinski definition) is 6. The van der Waals surface area contributed by atoms with Gasteiger partial charge in [-0.15, -0.1) is 0 Å². The highest BCUT2D eigenvalue weighted by Gasteiger charge is 2.16. The predicted octanol–water partition coefficient (Wildman–Crippen LogP) is 4.00. The molecule has 5 rings (SSSR count). The number of carbonyl (C=O) groups excluding carboxylic acids is 2. The number of aromatic hydroxyl groups is 1. The lowest BCUT2D eigenvalue weighted by atomic mass is 9.95. The fourth-order valence-corrected chi connectivity index (χ4v) is 3.83. The van der Waals surface area contributed by atoms with E-state index in [1.807, 2.05) is 20.9 Å². The van der Waals surface area contributed by atoms with Crippen LogP contribution in [0.5, 0.6) is 5.75 Å². The third-order valence-corrected chi connectivity index (χ3v) is 5.64. The average Bonchev–Trinajstić information content (AvgIpc) is 3.51. The van der Waals surface area contributed by atoms with Gasteiger partial charge in [-0.3, -0.25) is 14.7 Å². The molecule has 3 heterocycles. The minimum atomic E-state index is -0.451. The van der Waals surface area contributed by atoms with Gasteiger partial charge in [0.2, 0.25) is 6.41 Å². The monoisotopic (exact) mass is 465 g/mol. The van der Waals surface area contributed by atoms with Crippen LogP contribution >= 0.6 is 0 Å². The van der Waals surface area contributed by atoms with Crippen LogP contribution < -0.4 is 5.32 Å². The van der Waals surface area contributed by atoms with Crippen molar-refractivity contribution in [3.05, 3.63) is 48.4 Å². The third-order valence-electron chi connectivity index (χ3n) is 5.64. The van der Waals surface area contributed by atoms with Gasteiger partial charge in [0, 0.05) is 30.7 Å². The summed E-state index contributed by atoms with van der Waals surface area (Å²) >= 11 is 0. The number of fused-ring (bicyclic) bond motifs is 2. The van der Waals surface area contributed by atoms with Crippen LogP contribution in [0, 0.1) is 0 Å². The van der Waals surface area contributed by atoms with E-state index in [9.17, 15) is 14.7 Å². The molecule has 1 aliphatic carbocycles. The van der Waals surface area contributed by atoms with Gasteiger partial charge in [0.25, 0.3) is 5.91 Å². The maximum atomic E-state index is 12.4. The van der Waals surface area contributed by atoms with Crippen molar-refractivity contribution in [2.24, 2.45) is 0 Å². The van der Waals surface area contributed by atoms with E-state index in [2.05, 4.69) is 25.6 Å². The number of carbonyl (C=O) groups is 2. The summed E-state index contributed by atoms with van der Waals surface area (Å²) in [5.41, 5.74) is 1.43. The molecule has 3 N–H and O–H groups in total. The van der Waals surface area contributed by atoms with Crippen molar-refractivity contribution in [3.63, 3.8) is 0 Å². The summed E-state index contributed by atoms with van der Waals surface area (Å²) in [5, 5.41) is 24.1. The molecule has 1 saturated carbocycles. The summed E-state index contributed by atoms with van der Waals surface area (Å²) in [6, 6.07) is 7.10. The SMILES string of the molecule is CC.CN(C=O)C1CCCCC1.O=C(Nc1cnc2cccnn12)c1cc2cn[nH]c2cc1O. The summed E-state index contributed by atoms with van der Waals surface area (Å²) in [7, 11) is 1.88. The minimum absolute atomic E-state index is 0.129. The highest BCUT2D eigenvalue weighted by Crippen LogP contribution is 2.24. The molecule has 3 aromatic heterocycles. The summed E-state index contributed by atoms with van der Waals surface area (Å²) in [4.78, 5) is 28.6. The van der Waals surface area contributed by atoms with Crippen molar-refractivity contribution in [2.75, 3.05) is 12.4 Å². The van der Waals surface area contributed by atoms with Gasteiger partial charge in [-0.2, -0.15) is 14.7 Å². The molecule has 10 nitrogen and oxygen atoms in total. The second-order valence-electron chi connectivity index (χ2n) is 7.78. The normalized spacial score (nSPS) is 13.4. The van der Waals surface area contributed by atoms with E-state index in [1.165, 1.54) is 48.9 Å². The summed E-state index contributed by atoms with van der Waals surface area (Å²) in [6.07, 6.45) is 12.0. The first kappa shape index (κ1) is 24.7. The first-order valence-electron chi connectivity index (χ1n) is 11.5. The number of phenols is 1. The smallest absolute Gasteiger partial charge is 0.260 e. The topological polar surface area (TPSA) is 129 Å². The zero-order valence-corrected chi connectivity index (χ0v) is 19.7. The number of hydrogen-bond donors (Lipinski definition) is 3. The molecule has 0 radical (unpaired) electrons. The number of aromatic amines is 1. The molecule has 10 heteroatoms. The van der Waals surface area contributed by atoms with Crippen LogP contribution in [0.2, 0.25) is 0 Å². The molecule has 2 amide bonds. The molecule has 0 bridgehead atoms. The molecule has 0 atom stereocenters. The highest BCUT2D eigenvalue weighted by molar-refractivity contribution is 6.08. The van der Waals surface area contributed by atoms with Gasteiger partial charge in [-0.1, -0.05) is 33.1 Å². The van der Waals surface area contributed by atoms with Gasteiger partial charge in [0.1, 0.15) is 5.75 Å². The number of amides is 2. The van der Waals surface area contributed by atoms with E-state index in [0.29, 0.717) is 23.0 Å². The Kier molecular flexibility index (Phi) is 8.55. The molecular weight excluding hydrogens is 434 g/mol. The molecule has 1 aromatic carbocycles. The highest BCUT2D eigenvalue weighted by atomic mass is 16.3.